The van der Waals surface area contributed by atoms with E-state index in [9.17, 15) is 33.7 Å². The number of rotatable bonds is 11. The largest absolute Gasteiger partial charge is 0.469 e. The van der Waals surface area contributed by atoms with Crippen LogP contribution in [0, 0.1) is 15.9 Å². The quantitative estimate of drug-likeness (QED) is 0.267. The SMILES string of the molecule is COC(=O)C[C@@H](c1ccc([N+](=O)[O-])cc1)[C@H](NC(=O)[C@@H](Cc1ccccc1F)NC(C)=O)C(=O)OC. The van der Waals surface area contributed by atoms with Crippen molar-refractivity contribution in [3.63, 3.8) is 0 Å². The van der Waals surface area contributed by atoms with Crippen molar-refractivity contribution in [2.45, 2.75) is 37.8 Å². The number of esters is 2. The third-order valence-corrected chi connectivity index (χ3v) is 5.38. The minimum Gasteiger partial charge on any atom is -0.469 e. The molecule has 0 saturated carbocycles. The number of methoxy groups -OCH3 is 2. The summed E-state index contributed by atoms with van der Waals surface area (Å²) in [6.45, 7) is 1.18. The molecule has 0 spiro atoms. The van der Waals surface area contributed by atoms with Gasteiger partial charge in [0.05, 0.1) is 25.6 Å². The van der Waals surface area contributed by atoms with Crippen molar-refractivity contribution in [1.29, 1.82) is 0 Å². The van der Waals surface area contributed by atoms with Crippen molar-refractivity contribution in [2.24, 2.45) is 0 Å². The van der Waals surface area contributed by atoms with Crippen LogP contribution >= 0.6 is 0 Å². The highest BCUT2D eigenvalue weighted by molar-refractivity contribution is 5.91. The first-order valence-corrected chi connectivity index (χ1v) is 10.8. The predicted molar refractivity (Wildman–Crippen MR) is 124 cm³/mol. The Morgan fingerprint density at radius 2 is 1.64 bits per heavy atom. The van der Waals surface area contributed by atoms with Gasteiger partial charge in [-0.3, -0.25) is 24.5 Å². The van der Waals surface area contributed by atoms with Crippen LogP contribution in [-0.4, -0.2) is 55.0 Å². The number of benzene rings is 2. The fraction of sp³-hybridized carbons (Fsp3) is 0.333. The van der Waals surface area contributed by atoms with Crippen molar-refractivity contribution in [2.75, 3.05) is 14.2 Å². The number of hydrogen-bond acceptors (Lipinski definition) is 8. The third-order valence-electron chi connectivity index (χ3n) is 5.38. The Morgan fingerprint density at radius 1 is 1.00 bits per heavy atom. The van der Waals surface area contributed by atoms with Gasteiger partial charge in [-0.05, 0) is 17.2 Å². The molecule has 3 atom stereocenters. The Bertz CT molecular complexity index is 1120. The second kappa shape index (κ2) is 12.9. The van der Waals surface area contributed by atoms with Crippen LogP contribution in [0.3, 0.4) is 0 Å². The van der Waals surface area contributed by atoms with Crippen LogP contribution in [0.4, 0.5) is 10.1 Å². The zero-order chi connectivity index (χ0) is 26.8. The molecule has 2 rings (SSSR count). The monoisotopic (exact) mass is 503 g/mol. The molecule has 0 aliphatic rings. The van der Waals surface area contributed by atoms with Crippen LogP contribution in [0.25, 0.3) is 0 Å². The van der Waals surface area contributed by atoms with E-state index >= 15 is 0 Å². The Hall–Kier alpha value is -4.35. The molecular weight excluding hydrogens is 477 g/mol. The highest BCUT2D eigenvalue weighted by atomic mass is 19.1. The molecule has 2 aromatic rings. The van der Waals surface area contributed by atoms with Gasteiger partial charge in [-0.2, -0.15) is 0 Å². The Morgan fingerprint density at radius 3 is 2.17 bits per heavy atom. The van der Waals surface area contributed by atoms with Crippen LogP contribution in [0.5, 0.6) is 0 Å². The third kappa shape index (κ3) is 7.58. The molecule has 0 bridgehead atoms. The Balaban J connectivity index is 2.43. The number of nitro benzene ring substituents is 1. The van der Waals surface area contributed by atoms with Crippen LogP contribution in [0.15, 0.2) is 48.5 Å². The molecule has 192 valence electrons. The van der Waals surface area contributed by atoms with Gasteiger partial charge in [0.15, 0.2) is 0 Å². The van der Waals surface area contributed by atoms with E-state index in [-0.39, 0.29) is 24.1 Å². The molecule has 12 heteroatoms. The molecule has 0 aliphatic carbocycles. The van der Waals surface area contributed by atoms with Gasteiger partial charge in [-0.1, -0.05) is 30.3 Å². The summed E-state index contributed by atoms with van der Waals surface area (Å²) in [6.07, 6.45) is -0.600. The second-order valence-corrected chi connectivity index (χ2v) is 7.79. The van der Waals surface area contributed by atoms with Gasteiger partial charge < -0.3 is 20.1 Å². The molecule has 2 amide bonds. The summed E-state index contributed by atoms with van der Waals surface area (Å²) < 4.78 is 23.7. The normalized spacial score (nSPS) is 13.0. The van der Waals surface area contributed by atoms with Crippen LogP contribution < -0.4 is 10.6 Å². The first kappa shape index (κ1) is 27.9. The van der Waals surface area contributed by atoms with Gasteiger partial charge in [-0.25, -0.2) is 9.18 Å². The number of nitro groups is 1. The van der Waals surface area contributed by atoms with Crippen molar-refractivity contribution >= 4 is 29.4 Å². The van der Waals surface area contributed by atoms with E-state index in [1.807, 2.05) is 0 Å². The standard InChI is InChI=1S/C24H26FN3O8/c1-14(29)26-20(12-16-6-4-5-7-19(16)25)23(31)27-22(24(32)36-3)18(13-21(30)35-2)15-8-10-17(11-9-15)28(33)34/h4-11,18,20,22H,12-13H2,1-3H3,(H,26,29)(H,27,31)/t18-,20+,22-/m0/s1. The topological polar surface area (TPSA) is 154 Å². The highest BCUT2D eigenvalue weighted by Gasteiger charge is 2.36. The van der Waals surface area contributed by atoms with Crippen LogP contribution in [0.1, 0.15) is 30.4 Å². The molecule has 0 saturated heterocycles. The summed E-state index contributed by atoms with van der Waals surface area (Å²) in [7, 11) is 2.22. The summed E-state index contributed by atoms with van der Waals surface area (Å²) >= 11 is 0. The average Bonchev–Trinajstić information content (AvgIpc) is 2.85. The molecule has 36 heavy (non-hydrogen) atoms. The molecule has 0 unspecified atom stereocenters. The lowest BCUT2D eigenvalue weighted by Crippen LogP contribution is -2.54. The summed E-state index contributed by atoms with van der Waals surface area (Å²) in [6, 6.07) is 8.06. The number of nitrogens with one attached hydrogen (secondary N) is 2. The summed E-state index contributed by atoms with van der Waals surface area (Å²) in [4.78, 5) is 60.2. The van der Waals surface area contributed by atoms with Crippen LogP contribution in [-0.2, 0) is 35.1 Å². The molecule has 0 fully saturated rings. The second-order valence-electron chi connectivity index (χ2n) is 7.79. The number of hydrogen-bond donors (Lipinski definition) is 2. The Labute approximate surface area is 206 Å². The Kier molecular flexibility index (Phi) is 10.0. The lowest BCUT2D eigenvalue weighted by molar-refractivity contribution is -0.384. The van der Waals surface area contributed by atoms with Gasteiger partial charge in [0.2, 0.25) is 11.8 Å². The summed E-state index contributed by atoms with van der Waals surface area (Å²) in [5.41, 5.74) is 0.249. The minimum absolute atomic E-state index is 0.155. The molecule has 2 aromatic carbocycles. The maximum absolute atomic E-state index is 14.2. The van der Waals surface area contributed by atoms with Crippen molar-refractivity contribution in [1.82, 2.24) is 10.6 Å². The first-order valence-electron chi connectivity index (χ1n) is 10.8. The lowest BCUT2D eigenvalue weighted by Gasteiger charge is -2.28. The maximum atomic E-state index is 14.2. The first-order chi connectivity index (χ1) is 17.1. The van der Waals surface area contributed by atoms with Gasteiger partial charge >= 0.3 is 11.9 Å². The fourth-order valence-electron chi connectivity index (χ4n) is 3.58. The van der Waals surface area contributed by atoms with Crippen molar-refractivity contribution in [3.8, 4) is 0 Å². The van der Waals surface area contributed by atoms with E-state index < -0.39 is 52.5 Å². The van der Waals surface area contributed by atoms with E-state index in [0.29, 0.717) is 5.56 Å². The summed E-state index contributed by atoms with van der Waals surface area (Å²) in [5.74, 6) is -4.65. The van der Waals surface area contributed by atoms with Gasteiger partial charge in [0.1, 0.15) is 17.9 Å². The predicted octanol–water partition coefficient (Wildman–Crippen LogP) is 1.79. The molecular formula is C24H26FN3O8. The van der Waals surface area contributed by atoms with Gasteiger partial charge in [-0.15, -0.1) is 0 Å². The minimum atomic E-state index is -1.44. The smallest absolute Gasteiger partial charge is 0.329 e. The number of non-ortho nitro benzene ring substituents is 1. The van der Waals surface area contributed by atoms with E-state index in [4.69, 9.17) is 9.47 Å². The maximum Gasteiger partial charge on any atom is 0.329 e. The zero-order valence-corrected chi connectivity index (χ0v) is 19.9. The van der Waals surface area contributed by atoms with E-state index in [1.165, 1.54) is 49.4 Å². The number of carbonyl (C=O) groups excluding carboxylic acids is 4. The zero-order valence-electron chi connectivity index (χ0n) is 19.9. The van der Waals surface area contributed by atoms with Gasteiger partial charge in [0.25, 0.3) is 5.69 Å². The number of carbonyl (C=O) groups is 4. The molecule has 0 aromatic heterocycles. The van der Waals surface area contributed by atoms with Gasteiger partial charge in [0, 0.05) is 31.4 Å². The van der Waals surface area contributed by atoms with Crippen molar-refractivity contribution in [3.05, 3.63) is 75.6 Å². The fourth-order valence-corrected chi connectivity index (χ4v) is 3.58. The highest BCUT2D eigenvalue weighted by Crippen LogP contribution is 2.27. The van der Waals surface area contributed by atoms with Crippen LogP contribution in [0.2, 0.25) is 0 Å². The molecule has 0 aliphatic heterocycles. The van der Waals surface area contributed by atoms with Crippen molar-refractivity contribution < 1.29 is 38.0 Å². The molecule has 11 nitrogen and oxygen atoms in total. The summed E-state index contributed by atoms with van der Waals surface area (Å²) in [5, 5.41) is 15.9. The molecule has 0 heterocycles. The van der Waals surface area contributed by atoms with E-state index in [0.717, 1.165) is 14.2 Å². The van der Waals surface area contributed by atoms with E-state index in [1.54, 1.807) is 6.07 Å². The number of halogens is 1. The average molecular weight is 503 g/mol. The number of nitrogens with zero attached hydrogens (tertiary/aromatic N) is 1. The molecule has 0 radical (unpaired) electrons. The molecule has 2 N–H and O–H groups in total. The number of amides is 2. The lowest BCUT2D eigenvalue weighted by atomic mass is 9.87. The van der Waals surface area contributed by atoms with E-state index in [2.05, 4.69) is 10.6 Å². The number of ether oxygens (including phenoxy) is 2.